The molecule has 4 heteroatoms. The van der Waals surface area contributed by atoms with Crippen LogP contribution in [0.4, 0.5) is 0 Å². The molecule has 0 radical (unpaired) electrons. The normalized spacial score (nSPS) is 11.7. The SMILES string of the molecule is c1ccc(-c2ccc3oc4c(-c5cccc(-c6cccc7c6sc6ccccc67)c5)ncnc4c3c2)cc1. The predicted molar refractivity (Wildman–Crippen MR) is 159 cm³/mol. The maximum absolute atomic E-state index is 6.36. The van der Waals surface area contributed by atoms with Crippen LogP contribution in [0.5, 0.6) is 0 Å². The van der Waals surface area contributed by atoms with Gasteiger partial charge in [0.1, 0.15) is 23.1 Å². The zero-order chi connectivity index (χ0) is 25.1. The van der Waals surface area contributed by atoms with E-state index in [0.717, 1.165) is 38.9 Å². The number of hydrogen-bond acceptors (Lipinski definition) is 4. The van der Waals surface area contributed by atoms with Gasteiger partial charge in [-0.15, -0.1) is 11.3 Å². The quantitative estimate of drug-likeness (QED) is 0.240. The molecule has 0 saturated carbocycles. The summed E-state index contributed by atoms with van der Waals surface area (Å²) in [7, 11) is 0. The van der Waals surface area contributed by atoms with Crippen LogP contribution in [0.2, 0.25) is 0 Å². The van der Waals surface area contributed by atoms with Gasteiger partial charge in [-0.2, -0.15) is 0 Å². The molecule has 0 aliphatic rings. The third-order valence-corrected chi connectivity index (χ3v) is 8.43. The Morgan fingerprint density at radius 2 is 1.34 bits per heavy atom. The first-order valence-corrected chi connectivity index (χ1v) is 13.4. The molecule has 3 aromatic heterocycles. The first kappa shape index (κ1) is 21.3. The van der Waals surface area contributed by atoms with Crippen LogP contribution in [-0.4, -0.2) is 9.97 Å². The fourth-order valence-corrected chi connectivity index (χ4v) is 6.64. The smallest absolute Gasteiger partial charge is 0.180 e. The van der Waals surface area contributed by atoms with Crippen LogP contribution in [0.3, 0.4) is 0 Å². The largest absolute Gasteiger partial charge is 0.452 e. The van der Waals surface area contributed by atoms with E-state index in [1.165, 1.54) is 31.3 Å². The molecule has 38 heavy (non-hydrogen) atoms. The highest BCUT2D eigenvalue weighted by molar-refractivity contribution is 7.26. The molecule has 3 nitrogen and oxygen atoms in total. The summed E-state index contributed by atoms with van der Waals surface area (Å²) in [4.78, 5) is 9.32. The summed E-state index contributed by atoms with van der Waals surface area (Å²) in [5.41, 5.74) is 8.87. The second-order valence-electron chi connectivity index (χ2n) is 9.44. The van der Waals surface area contributed by atoms with Gasteiger partial charge in [0, 0.05) is 31.1 Å². The molecule has 3 heterocycles. The van der Waals surface area contributed by atoms with E-state index in [1.807, 2.05) is 23.5 Å². The number of furan rings is 1. The van der Waals surface area contributed by atoms with Crippen molar-refractivity contribution >= 4 is 53.6 Å². The molecule has 0 unspecified atom stereocenters. The number of fused-ring (bicyclic) bond motifs is 6. The highest BCUT2D eigenvalue weighted by atomic mass is 32.1. The van der Waals surface area contributed by atoms with Gasteiger partial charge in [0.25, 0.3) is 0 Å². The van der Waals surface area contributed by atoms with Gasteiger partial charge >= 0.3 is 0 Å². The standard InChI is InChI=1S/C34H20N2OS/c1-2-8-21(9-3-1)22-16-17-29-28(19-22)32-33(37-29)31(35-20-36-32)24-11-6-10-23(18-24)25-13-7-14-27-26-12-4-5-15-30(26)38-34(25)27/h1-20H. The molecule has 0 fully saturated rings. The van der Waals surface area contributed by atoms with Crippen molar-refractivity contribution in [2.45, 2.75) is 0 Å². The molecule has 0 amide bonds. The highest BCUT2D eigenvalue weighted by Crippen LogP contribution is 2.41. The van der Waals surface area contributed by atoms with Crippen LogP contribution in [-0.2, 0) is 0 Å². The second kappa shape index (κ2) is 8.37. The number of hydrogen-bond donors (Lipinski definition) is 0. The van der Waals surface area contributed by atoms with Crippen LogP contribution in [0.1, 0.15) is 0 Å². The van der Waals surface area contributed by atoms with E-state index in [0.29, 0.717) is 5.58 Å². The van der Waals surface area contributed by atoms with E-state index in [1.54, 1.807) is 6.33 Å². The van der Waals surface area contributed by atoms with Crippen molar-refractivity contribution in [3.63, 3.8) is 0 Å². The highest BCUT2D eigenvalue weighted by Gasteiger charge is 2.17. The van der Waals surface area contributed by atoms with Gasteiger partial charge in [0.15, 0.2) is 5.58 Å². The molecule has 0 aliphatic heterocycles. The minimum absolute atomic E-state index is 0.713. The van der Waals surface area contributed by atoms with Crippen molar-refractivity contribution in [3.05, 3.63) is 122 Å². The lowest BCUT2D eigenvalue weighted by molar-refractivity contribution is 0.667. The maximum atomic E-state index is 6.36. The van der Waals surface area contributed by atoms with E-state index in [9.17, 15) is 0 Å². The number of thiophene rings is 1. The summed E-state index contributed by atoms with van der Waals surface area (Å²) in [6, 6.07) is 40.4. The van der Waals surface area contributed by atoms with Crippen molar-refractivity contribution in [2.24, 2.45) is 0 Å². The molecule has 8 rings (SSSR count). The fraction of sp³-hybridized carbons (Fsp3) is 0. The Morgan fingerprint density at radius 3 is 2.29 bits per heavy atom. The number of rotatable bonds is 3. The van der Waals surface area contributed by atoms with Crippen molar-refractivity contribution < 1.29 is 4.42 Å². The Balaban J connectivity index is 1.29. The molecule has 178 valence electrons. The van der Waals surface area contributed by atoms with Gasteiger partial charge in [-0.3, -0.25) is 0 Å². The average Bonchev–Trinajstić information content (AvgIpc) is 3.56. The molecular formula is C34H20N2OS. The zero-order valence-corrected chi connectivity index (χ0v) is 21.1. The fourth-order valence-electron chi connectivity index (χ4n) is 5.40. The summed E-state index contributed by atoms with van der Waals surface area (Å²) in [5, 5.41) is 3.60. The van der Waals surface area contributed by atoms with Gasteiger partial charge in [0.05, 0.1) is 0 Å². The third-order valence-electron chi connectivity index (χ3n) is 7.21. The molecule has 0 saturated heterocycles. The summed E-state index contributed by atoms with van der Waals surface area (Å²) < 4.78 is 8.97. The van der Waals surface area contributed by atoms with E-state index < -0.39 is 0 Å². The van der Waals surface area contributed by atoms with E-state index in [4.69, 9.17) is 4.42 Å². The molecule has 8 aromatic rings. The Labute approximate surface area is 222 Å². The summed E-state index contributed by atoms with van der Waals surface area (Å²) in [6.07, 6.45) is 1.64. The van der Waals surface area contributed by atoms with Gasteiger partial charge < -0.3 is 4.42 Å². The van der Waals surface area contributed by atoms with Crippen LogP contribution in [0.15, 0.2) is 126 Å². The molecule has 5 aromatic carbocycles. The zero-order valence-electron chi connectivity index (χ0n) is 20.3. The summed E-state index contributed by atoms with van der Waals surface area (Å²) in [5.74, 6) is 0. The van der Waals surface area contributed by atoms with Crippen molar-refractivity contribution in [3.8, 4) is 33.5 Å². The lowest BCUT2D eigenvalue weighted by Gasteiger charge is -2.07. The van der Waals surface area contributed by atoms with Crippen molar-refractivity contribution in [1.29, 1.82) is 0 Å². The Morgan fingerprint density at radius 1 is 0.553 bits per heavy atom. The monoisotopic (exact) mass is 504 g/mol. The first-order valence-electron chi connectivity index (χ1n) is 12.6. The molecular weight excluding hydrogens is 484 g/mol. The van der Waals surface area contributed by atoms with E-state index >= 15 is 0 Å². The van der Waals surface area contributed by atoms with Crippen molar-refractivity contribution in [2.75, 3.05) is 0 Å². The van der Waals surface area contributed by atoms with E-state index in [2.05, 4.69) is 113 Å². The lowest BCUT2D eigenvalue weighted by atomic mass is 9.99. The summed E-state index contributed by atoms with van der Waals surface area (Å²) >= 11 is 1.85. The number of nitrogens with zero attached hydrogens (tertiary/aromatic N) is 2. The van der Waals surface area contributed by atoms with Gasteiger partial charge in [0.2, 0.25) is 0 Å². The van der Waals surface area contributed by atoms with E-state index in [-0.39, 0.29) is 0 Å². The van der Waals surface area contributed by atoms with Gasteiger partial charge in [-0.25, -0.2) is 9.97 Å². The second-order valence-corrected chi connectivity index (χ2v) is 10.5. The topological polar surface area (TPSA) is 38.9 Å². The van der Waals surface area contributed by atoms with Gasteiger partial charge in [-0.05, 0) is 46.5 Å². The predicted octanol–water partition coefficient (Wildman–Crippen LogP) is 9.74. The summed E-state index contributed by atoms with van der Waals surface area (Å²) in [6.45, 7) is 0. The Bertz CT molecular complexity index is 2140. The lowest BCUT2D eigenvalue weighted by Crippen LogP contribution is -1.88. The van der Waals surface area contributed by atoms with Crippen molar-refractivity contribution in [1.82, 2.24) is 9.97 Å². The molecule has 0 bridgehead atoms. The average molecular weight is 505 g/mol. The molecule has 0 N–H and O–H groups in total. The van der Waals surface area contributed by atoms with Crippen LogP contribution in [0, 0.1) is 0 Å². The van der Waals surface area contributed by atoms with Gasteiger partial charge in [-0.1, -0.05) is 91.0 Å². The first-order chi connectivity index (χ1) is 18.8. The maximum Gasteiger partial charge on any atom is 0.180 e. The minimum Gasteiger partial charge on any atom is -0.452 e. The number of benzene rings is 5. The molecule has 0 spiro atoms. The minimum atomic E-state index is 0.713. The van der Waals surface area contributed by atoms with Crippen LogP contribution in [0.25, 0.3) is 75.8 Å². The molecule has 0 aliphatic carbocycles. The third kappa shape index (κ3) is 3.28. The molecule has 0 atom stereocenters. The van der Waals surface area contributed by atoms with Crippen LogP contribution < -0.4 is 0 Å². The van der Waals surface area contributed by atoms with Crippen LogP contribution >= 0.6 is 11.3 Å². The number of aromatic nitrogens is 2. The Kier molecular flexibility index (Phi) is 4.69. The Hall–Kier alpha value is -4.80.